The lowest BCUT2D eigenvalue weighted by Crippen LogP contribution is -2.12. The van der Waals surface area contributed by atoms with Gasteiger partial charge < -0.3 is 10.0 Å². The van der Waals surface area contributed by atoms with Gasteiger partial charge in [0.05, 0.1) is 5.56 Å². The van der Waals surface area contributed by atoms with Crippen LogP contribution in [0.5, 0.6) is 0 Å². The van der Waals surface area contributed by atoms with E-state index < -0.39 is 5.97 Å². The van der Waals surface area contributed by atoms with Crippen LogP contribution in [0, 0.1) is 0 Å². The van der Waals surface area contributed by atoms with Crippen molar-refractivity contribution in [2.75, 3.05) is 19.0 Å². The summed E-state index contributed by atoms with van der Waals surface area (Å²) in [6.45, 7) is 0. The fourth-order valence-electron chi connectivity index (χ4n) is 1.69. The van der Waals surface area contributed by atoms with Gasteiger partial charge in [0.1, 0.15) is 5.82 Å². The van der Waals surface area contributed by atoms with Crippen LogP contribution in [0.15, 0.2) is 30.5 Å². The third kappa shape index (κ3) is 2.82. The van der Waals surface area contributed by atoms with Crippen molar-refractivity contribution in [3.63, 3.8) is 0 Å². The van der Waals surface area contributed by atoms with Gasteiger partial charge in [-0.25, -0.2) is 9.78 Å². The van der Waals surface area contributed by atoms with Crippen molar-refractivity contribution in [1.29, 1.82) is 0 Å². The first-order valence-corrected chi connectivity index (χ1v) is 5.90. The van der Waals surface area contributed by atoms with Crippen LogP contribution in [-0.2, 0) is 0 Å². The normalized spacial score (nSPS) is 10.3. The van der Waals surface area contributed by atoms with E-state index in [0.717, 1.165) is 11.1 Å². The summed E-state index contributed by atoms with van der Waals surface area (Å²) in [5.74, 6) is -0.269. The molecule has 0 spiro atoms. The van der Waals surface area contributed by atoms with E-state index in [1.54, 1.807) is 30.5 Å². The van der Waals surface area contributed by atoms with Gasteiger partial charge in [0, 0.05) is 25.9 Å². The third-order valence-corrected chi connectivity index (χ3v) is 2.79. The SMILES string of the molecule is CN(C)c1nc(Cl)ncc1-c1ccc(C(=O)O)cc1. The lowest BCUT2D eigenvalue weighted by molar-refractivity contribution is 0.0697. The zero-order valence-corrected chi connectivity index (χ0v) is 11.2. The smallest absolute Gasteiger partial charge is 0.335 e. The van der Waals surface area contributed by atoms with Crippen LogP contribution >= 0.6 is 11.6 Å². The Kier molecular flexibility index (Phi) is 3.66. The molecule has 98 valence electrons. The molecule has 2 rings (SSSR count). The monoisotopic (exact) mass is 277 g/mol. The molecule has 6 heteroatoms. The average molecular weight is 278 g/mol. The van der Waals surface area contributed by atoms with E-state index in [1.165, 1.54) is 0 Å². The molecule has 1 aromatic carbocycles. The first kappa shape index (κ1) is 13.3. The number of halogens is 1. The zero-order chi connectivity index (χ0) is 14.0. The van der Waals surface area contributed by atoms with Gasteiger partial charge in [-0.15, -0.1) is 0 Å². The predicted molar refractivity (Wildman–Crippen MR) is 73.8 cm³/mol. The van der Waals surface area contributed by atoms with Crippen LogP contribution < -0.4 is 4.90 Å². The fraction of sp³-hybridized carbons (Fsp3) is 0.154. The summed E-state index contributed by atoms with van der Waals surface area (Å²) in [5.41, 5.74) is 1.88. The zero-order valence-electron chi connectivity index (χ0n) is 10.5. The number of nitrogens with zero attached hydrogens (tertiary/aromatic N) is 3. The van der Waals surface area contributed by atoms with E-state index in [1.807, 2.05) is 19.0 Å². The Labute approximate surface area is 115 Å². The number of aromatic nitrogens is 2. The molecule has 19 heavy (non-hydrogen) atoms. The number of benzene rings is 1. The van der Waals surface area contributed by atoms with Gasteiger partial charge in [0.2, 0.25) is 5.28 Å². The minimum atomic E-state index is -0.952. The van der Waals surface area contributed by atoms with Crippen molar-refractivity contribution >= 4 is 23.4 Å². The summed E-state index contributed by atoms with van der Waals surface area (Å²) < 4.78 is 0. The molecule has 1 N–H and O–H groups in total. The Morgan fingerprint density at radius 3 is 2.42 bits per heavy atom. The van der Waals surface area contributed by atoms with Crippen LogP contribution in [0.2, 0.25) is 5.28 Å². The number of carboxylic acid groups (broad SMARTS) is 1. The molecule has 0 fully saturated rings. The molecule has 0 atom stereocenters. The Hall–Kier alpha value is -2.14. The van der Waals surface area contributed by atoms with E-state index >= 15 is 0 Å². The van der Waals surface area contributed by atoms with Crippen LogP contribution in [0.3, 0.4) is 0 Å². The summed E-state index contributed by atoms with van der Waals surface area (Å²) >= 11 is 5.79. The number of carbonyl (C=O) groups is 1. The van der Waals surface area contributed by atoms with E-state index in [2.05, 4.69) is 9.97 Å². The number of carboxylic acids is 1. The topological polar surface area (TPSA) is 66.3 Å². The van der Waals surface area contributed by atoms with E-state index in [4.69, 9.17) is 16.7 Å². The maximum Gasteiger partial charge on any atom is 0.335 e. The molecule has 0 aliphatic rings. The molecule has 0 bridgehead atoms. The molecular weight excluding hydrogens is 266 g/mol. The van der Waals surface area contributed by atoms with Gasteiger partial charge in [-0.1, -0.05) is 12.1 Å². The Morgan fingerprint density at radius 1 is 1.26 bits per heavy atom. The lowest BCUT2D eigenvalue weighted by Gasteiger charge is -2.16. The number of hydrogen-bond donors (Lipinski definition) is 1. The highest BCUT2D eigenvalue weighted by Gasteiger charge is 2.11. The molecule has 0 amide bonds. The second-order valence-electron chi connectivity index (χ2n) is 4.15. The van der Waals surface area contributed by atoms with Crippen molar-refractivity contribution < 1.29 is 9.90 Å². The molecule has 1 aromatic heterocycles. The van der Waals surface area contributed by atoms with Gasteiger partial charge >= 0.3 is 5.97 Å². The first-order valence-electron chi connectivity index (χ1n) is 5.52. The molecule has 0 radical (unpaired) electrons. The number of hydrogen-bond acceptors (Lipinski definition) is 4. The standard InChI is InChI=1S/C13H12ClN3O2/c1-17(2)11-10(7-15-13(14)16-11)8-3-5-9(6-4-8)12(18)19/h3-7H,1-2H3,(H,18,19). The predicted octanol–water partition coefficient (Wildman–Crippen LogP) is 2.56. The van der Waals surface area contributed by atoms with Crippen molar-refractivity contribution in [3.05, 3.63) is 41.3 Å². The first-order chi connectivity index (χ1) is 8.99. The van der Waals surface area contributed by atoms with E-state index in [-0.39, 0.29) is 10.8 Å². The van der Waals surface area contributed by atoms with Crippen molar-refractivity contribution in [3.8, 4) is 11.1 Å². The summed E-state index contributed by atoms with van der Waals surface area (Å²) in [6, 6.07) is 6.55. The van der Waals surface area contributed by atoms with Crippen LogP contribution in [0.25, 0.3) is 11.1 Å². The van der Waals surface area contributed by atoms with Crippen LogP contribution in [-0.4, -0.2) is 35.1 Å². The van der Waals surface area contributed by atoms with E-state index in [0.29, 0.717) is 5.82 Å². The maximum atomic E-state index is 10.8. The number of rotatable bonds is 3. The molecule has 2 aromatic rings. The van der Waals surface area contributed by atoms with Gasteiger partial charge in [-0.2, -0.15) is 4.98 Å². The number of anilines is 1. The molecule has 1 heterocycles. The Morgan fingerprint density at radius 2 is 1.89 bits per heavy atom. The van der Waals surface area contributed by atoms with Gasteiger partial charge in [-0.3, -0.25) is 0 Å². The fourth-order valence-corrected chi connectivity index (χ4v) is 1.82. The Bertz CT molecular complexity index is 612. The minimum Gasteiger partial charge on any atom is -0.478 e. The summed E-state index contributed by atoms with van der Waals surface area (Å²) in [7, 11) is 3.71. The average Bonchev–Trinajstić information content (AvgIpc) is 2.38. The highest BCUT2D eigenvalue weighted by atomic mass is 35.5. The molecule has 0 saturated carbocycles. The lowest BCUT2D eigenvalue weighted by atomic mass is 10.1. The second kappa shape index (κ2) is 5.24. The summed E-state index contributed by atoms with van der Waals surface area (Å²) in [5, 5.41) is 9.05. The largest absolute Gasteiger partial charge is 0.478 e. The maximum absolute atomic E-state index is 10.8. The highest BCUT2D eigenvalue weighted by Crippen LogP contribution is 2.28. The molecule has 0 unspecified atom stereocenters. The van der Waals surface area contributed by atoms with Crippen LogP contribution in [0.4, 0.5) is 5.82 Å². The second-order valence-corrected chi connectivity index (χ2v) is 4.49. The van der Waals surface area contributed by atoms with Gasteiger partial charge in [0.25, 0.3) is 0 Å². The molecule has 5 nitrogen and oxygen atoms in total. The van der Waals surface area contributed by atoms with Crippen LogP contribution in [0.1, 0.15) is 10.4 Å². The van der Waals surface area contributed by atoms with Gasteiger partial charge in [0.15, 0.2) is 0 Å². The molecular formula is C13H12ClN3O2. The van der Waals surface area contributed by atoms with Crippen molar-refractivity contribution in [2.45, 2.75) is 0 Å². The molecule has 0 aliphatic heterocycles. The summed E-state index contributed by atoms with van der Waals surface area (Å²) in [4.78, 5) is 20.8. The minimum absolute atomic E-state index is 0.176. The summed E-state index contributed by atoms with van der Waals surface area (Å²) in [6.07, 6.45) is 1.63. The van der Waals surface area contributed by atoms with Crippen molar-refractivity contribution in [1.82, 2.24) is 9.97 Å². The van der Waals surface area contributed by atoms with E-state index in [9.17, 15) is 4.79 Å². The van der Waals surface area contributed by atoms with Gasteiger partial charge in [-0.05, 0) is 29.3 Å². The number of aromatic carboxylic acids is 1. The third-order valence-electron chi connectivity index (χ3n) is 2.61. The quantitative estimate of drug-likeness (QED) is 0.874. The molecule has 0 aliphatic carbocycles. The Balaban J connectivity index is 2.49. The molecule has 0 saturated heterocycles. The highest BCUT2D eigenvalue weighted by molar-refractivity contribution is 6.28. The van der Waals surface area contributed by atoms with Crippen molar-refractivity contribution in [2.24, 2.45) is 0 Å².